The maximum absolute atomic E-state index is 13.4. The summed E-state index contributed by atoms with van der Waals surface area (Å²) in [7, 11) is 0. The smallest absolute Gasteiger partial charge is 0.193 e. The first kappa shape index (κ1) is 38.1. The molecule has 3 aromatic carbocycles. The highest BCUT2D eigenvalue weighted by Crippen LogP contribution is 2.51. The lowest BCUT2D eigenvalue weighted by Gasteiger charge is -2.46. The Morgan fingerprint density at radius 2 is 1.84 bits per heavy atom. The lowest BCUT2D eigenvalue weighted by Crippen LogP contribution is -2.58. The van der Waals surface area contributed by atoms with Crippen molar-refractivity contribution in [1.29, 1.82) is 0 Å². The van der Waals surface area contributed by atoms with Crippen LogP contribution in [0.25, 0.3) is 21.7 Å². The summed E-state index contributed by atoms with van der Waals surface area (Å²) < 4.78 is 13.3. The number of aliphatic hydroxyl groups is 5. The van der Waals surface area contributed by atoms with Gasteiger partial charge in [-0.1, -0.05) is 18.9 Å². The molecule has 8 rings (SSSR count). The van der Waals surface area contributed by atoms with Crippen LogP contribution in [0.1, 0.15) is 49.5 Å². The summed E-state index contributed by atoms with van der Waals surface area (Å²) in [6, 6.07) is 10.4. The molecule has 6 atom stereocenters. The van der Waals surface area contributed by atoms with E-state index in [-0.39, 0.29) is 29.3 Å². The van der Waals surface area contributed by atoms with E-state index in [9.17, 15) is 40.5 Å². The number of aromatic hydroxyl groups is 2. The number of anilines is 1. The van der Waals surface area contributed by atoms with Gasteiger partial charge in [0.2, 0.25) is 0 Å². The molecule has 4 heterocycles. The standard InChI is InChI=1S/C42H46N2O12/c1-22-13-33(48)30-14-25-15-35(41(2,26-5-3-4-6-26)55-38(25)36(39(30)54-22)44-18-24-11-12-43-31(24)19-44)56-53-21-42(52,40(51)37(50)34(49)20-45)17-23-7-10-32(47)28-9-8-27(46)16-29(23)28/h7-14,16,19,26,34-35,37,40,45-47,49-52H,3-6,15,17-18,20-21H2,1-2H3/t34-,35-,37-,40+,41-,42+/m1/s1. The molecule has 4 aromatic rings. The molecule has 0 spiro atoms. The average Bonchev–Trinajstić information content (AvgIpc) is 3.95. The number of hydrogen-bond donors (Lipinski definition) is 7. The summed E-state index contributed by atoms with van der Waals surface area (Å²) in [5.74, 6) is 0.859. The molecule has 1 aliphatic carbocycles. The van der Waals surface area contributed by atoms with Crippen LogP contribution >= 0.6 is 0 Å². The summed E-state index contributed by atoms with van der Waals surface area (Å²) in [5, 5.41) is 76.0. The van der Waals surface area contributed by atoms with Crippen LogP contribution in [0.5, 0.6) is 17.2 Å². The number of allylic oxidation sites excluding steroid dienone is 1. The molecule has 296 valence electrons. The zero-order valence-electron chi connectivity index (χ0n) is 31.1. The van der Waals surface area contributed by atoms with E-state index in [2.05, 4.69) is 4.99 Å². The normalized spacial score (nSPS) is 23.4. The second-order valence-electron chi connectivity index (χ2n) is 15.7. The van der Waals surface area contributed by atoms with Crippen molar-refractivity contribution in [3.05, 3.63) is 93.1 Å². The van der Waals surface area contributed by atoms with Crippen molar-refractivity contribution >= 4 is 33.6 Å². The zero-order chi connectivity index (χ0) is 39.5. The number of nitrogens with zero attached hydrogens (tertiary/aromatic N) is 2. The molecule has 0 amide bonds. The van der Waals surface area contributed by atoms with Crippen molar-refractivity contribution in [2.45, 2.75) is 88.0 Å². The Bertz CT molecular complexity index is 2330. The third-order valence-electron chi connectivity index (χ3n) is 11.9. The summed E-state index contributed by atoms with van der Waals surface area (Å²) >= 11 is 0. The van der Waals surface area contributed by atoms with Crippen LogP contribution in [0.15, 0.2) is 80.2 Å². The first-order valence-corrected chi connectivity index (χ1v) is 18.9. The number of aliphatic hydroxyl groups excluding tert-OH is 4. The largest absolute Gasteiger partial charge is 0.508 e. The van der Waals surface area contributed by atoms with E-state index in [4.69, 9.17) is 18.9 Å². The Morgan fingerprint density at radius 3 is 2.59 bits per heavy atom. The SMILES string of the molecule is Cc1cc(=O)c2cc3c(c(N4C=C5N=CC=C5C4)c2o1)O[C@](C)(C1CCCC1)[C@H](OOC[C@@](O)(Cc1ccc(O)c2ccc(O)cc12)[C@@H](O)[C@H](O)[C@H](O)CO)C3. The van der Waals surface area contributed by atoms with Gasteiger partial charge in [-0.2, -0.15) is 0 Å². The summed E-state index contributed by atoms with van der Waals surface area (Å²) in [6.45, 7) is 2.57. The minimum absolute atomic E-state index is 0.0305. The van der Waals surface area contributed by atoms with Crippen LogP contribution in [0.3, 0.4) is 0 Å². The number of aryl methyl sites for hydroxylation is 1. The van der Waals surface area contributed by atoms with E-state index >= 15 is 0 Å². The number of rotatable bonds is 12. The van der Waals surface area contributed by atoms with Gasteiger partial charge in [-0.3, -0.25) is 9.79 Å². The monoisotopic (exact) mass is 770 g/mol. The molecule has 0 bridgehead atoms. The van der Waals surface area contributed by atoms with Crippen LogP contribution in [-0.4, -0.2) is 97.3 Å². The van der Waals surface area contributed by atoms with Gasteiger partial charge in [0.15, 0.2) is 16.8 Å². The van der Waals surface area contributed by atoms with E-state index in [1.165, 1.54) is 36.4 Å². The van der Waals surface area contributed by atoms with Crippen LogP contribution in [0.4, 0.5) is 5.69 Å². The van der Waals surface area contributed by atoms with Crippen LogP contribution in [0, 0.1) is 12.8 Å². The minimum atomic E-state index is -2.35. The Balaban J connectivity index is 1.15. The maximum Gasteiger partial charge on any atom is 0.193 e. The highest BCUT2D eigenvalue weighted by molar-refractivity contribution is 5.96. The van der Waals surface area contributed by atoms with Gasteiger partial charge < -0.3 is 49.8 Å². The van der Waals surface area contributed by atoms with Gasteiger partial charge in [-0.05, 0) is 74.0 Å². The molecule has 1 aromatic heterocycles. The van der Waals surface area contributed by atoms with E-state index in [1.807, 2.05) is 24.1 Å². The molecule has 14 heteroatoms. The van der Waals surface area contributed by atoms with Gasteiger partial charge in [0.25, 0.3) is 0 Å². The molecule has 1 saturated carbocycles. The number of hydrogen-bond acceptors (Lipinski definition) is 14. The molecule has 0 saturated heterocycles. The molecule has 1 fully saturated rings. The first-order valence-electron chi connectivity index (χ1n) is 18.9. The number of ether oxygens (including phenoxy) is 1. The molecular formula is C42H46N2O12. The highest BCUT2D eigenvalue weighted by atomic mass is 17.2. The quantitative estimate of drug-likeness (QED) is 0.0812. The number of fused-ring (bicyclic) bond motifs is 4. The predicted molar refractivity (Wildman–Crippen MR) is 206 cm³/mol. The molecule has 7 N–H and O–H groups in total. The van der Waals surface area contributed by atoms with Gasteiger partial charge >= 0.3 is 0 Å². The zero-order valence-corrected chi connectivity index (χ0v) is 31.1. The Labute approximate surface area is 321 Å². The second-order valence-corrected chi connectivity index (χ2v) is 15.7. The van der Waals surface area contributed by atoms with E-state index < -0.39 is 55.3 Å². The lowest BCUT2D eigenvalue weighted by molar-refractivity contribution is -0.374. The second kappa shape index (κ2) is 14.6. The summed E-state index contributed by atoms with van der Waals surface area (Å²) in [6.07, 6.45) is 2.49. The minimum Gasteiger partial charge on any atom is -0.508 e. The number of aliphatic imine (C=N–C) groups is 1. The fourth-order valence-electron chi connectivity index (χ4n) is 8.72. The van der Waals surface area contributed by atoms with E-state index in [0.29, 0.717) is 56.6 Å². The van der Waals surface area contributed by atoms with Crippen LogP contribution < -0.4 is 15.1 Å². The van der Waals surface area contributed by atoms with Gasteiger partial charge in [0.1, 0.15) is 65.2 Å². The van der Waals surface area contributed by atoms with Crippen molar-refractivity contribution in [3.63, 3.8) is 0 Å². The Kier molecular flexibility index (Phi) is 9.94. The van der Waals surface area contributed by atoms with Crippen LogP contribution in [-0.2, 0) is 22.6 Å². The molecule has 0 radical (unpaired) electrons. The molecule has 14 nitrogen and oxygen atoms in total. The predicted octanol–water partition coefficient (Wildman–Crippen LogP) is 3.59. The molecule has 3 aliphatic heterocycles. The fraction of sp³-hybridized carbons (Fsp3) is 0.429. The van der Waals surface area contributed by atoms with Crippen molar-refractivity contribution in [2.75, 3.05) is 24.7 Å². The Hall–Kier alpha value is -4.80. The van der Waals surface area contributed by atoms with Crippen LogP contribution in [0.2, 0.25) is 0 Å². The van der Waals surface area contributed by atoms with Gasteiger partial charge in [-0.25, -0.2) is 9.78 Å². The number of benzene rings is 3. The Morgan fingerprint density at radius 1 is 1.05 bits per heavy atom. The van der Waals surface area contributed by atoms with Gasteiger partial charge in [0.05, 0.1) is 24.2 Å². The van der Waals surface area contributed by atoms with E-state index in [1.54, 1.807) is 19.2 Å². The fourth-order valence-corrected chi connectivity index (χ4v) is 8.72. The van der Waals surface area contributed by atoms with Crippen molar-refractivity contribution < 1.29 is 54.7 Å². The number of phenolic OH excluding ortho intramolecular Hbond substituents is 2. The first-order chi connectivity index (χ1) is 26.8. The number of phenols is 2. The highest BCUT2D eigenvalue weighted by Gasteiger charge is 2.51. The lowest BCUT2D eigenvalue weighted by atomic mass is 9.78. The van der Waals surface area contributed by atoms with E-state index in [0.717, 1.165) is 37.0 Å². The van der Waals surface area contributed by atoms with Gasteiger partial charge in [-0.15, -0.1) is 0 Å². The molecule has 0 unspecified atom stereocenters. The average molecular weight is 771 g/mol. The van der Waals surface area contributed by atoms with Crippen molar-refractivity contribution in [2.24, 2.45) is 10.9 Å². The maximum atomic E-state index is 13.4. The third-order valence-corrected chi connectivity index (χ3v) is 11.9. The molecular weight excluding hydrogens is 724 g/mol. The third kappa shape index (κ3) is 6.64. The van der Waals surface area contributed by atoms with Crippen molar-refractivity contribution in [1.82, 2.24) is 0 Å². The van der Waals surface area contributed by atoms with Gasteiger partial charge in [0, 0.05) is 53.8 Å². The van der Waals surface area contributed by atoms with Crippen molar-refractivity contribution in [3.8, 4) is 17.2 Å². The summed E-state index contributed by atoms with van der Waals surface area (Å²) in [4.78, 5) is 32.0. The molecule has 56 heavy (non-hydrogen) atoms. The summed E-state index contributed by atoms with van der Waals surface area (Å²) in [5.41, 5.74) is 0.353. The topological polar surface area (TPSA) is 215 Å². The molecule has 4 aliphatic rings.